The van der Waals surface area contributed by atoms with Gasteiger partial charge in [0.15, 0.2) is 5.82 Å². The molecule has 4 rings (SSSR count). The summed E-state index contributed by atoms with van der Waals surface area (Å²) in [7, 11) is 0. The summed E-state index contributed by atoms with van der Waals surface area (Å²) >= 11 is 0. The van der Waals surface area contributed by atoms with Crippen LogP contribution in [0.15, 0.2) is 48.8 Å². The minimum absolute atomic E-state index is 0.0307. The molecule has 10 heteroatoms. The van der Waals surface area contributed by atoms with Crippen LogP contribution in [0.2, 0.25) is 0 Å². The number of carbonyl (C=O) groups excluding carboxylic acids is 1. The molecule has 0 bridgehead atoms. The second-order valence-corrected chi connectivity index (χ2v) is 6.52. The Morgan fingerprint density at radius 2 is 2.03 bits per heavy atom. The van der Waals surface area contributed by atoms with Gasteiger partial charge in [0.2, 0.25) is 5.91 Å². The van der Waals surface area contributed by atoms with E-state index in [0.29, 0.717) is 17.4 Å². The Bertz CT molecular complexity index is 1210. The maximum atomic E-state index is 13.7. The number of nitrogens with zero attached hydrogens (tertiary/aromatic N) is 5. The van der Waals surface area contributed by atoms with E-state index in [1.165, 1.54) is 0 Å². The number of fused-ring (bicyclic) bond motifs is 1. The van der Waals surface area contributed by atoms with Crippen LogP contribution in [-0.2, 0) is 4.79 Å². The number of hydrogen-bond acceptors (Lipinski definition) is 6. The lowest BCUT2D eigenvalue weighted by molar-refractivity contribution is -0.116. The summed E-state index contributed by atoms with van der Waals surface area (Å²) in [6.07, 6.45) is 3.35. The van der Waals surface area contributed by atoms with Crippen molar-refractivity contribution >= 4 is 23.2 Å². The standard InChI is InChI=1S/C20H17F2N7O/c1-12-9-17(24-8-6-18(30)26-16-10-14(21)4-5-15(16)22)29-20(25-12)27-19(28-29)13-3-2-7-23-11-13/h2-5,7,9-11,24H,6,8H2,1H3,(H,26,30). The van der Waals surface area contributed by atoms with Gasteiger partial charge in [-0.2, -0.15) is 9.50 Å². The van der Waals surface area contributed by atoms with Crippen molar-refractivity contribution in [3.05, 3.63) is 66.1 Å². The minimum atomic E-state index is -0.699. The van der Waals surface area contributed by atoms with E-state index in [-0.39, 0.29) is 18.7 Å². The lowest BCUT2D eigenvalue weighted by Gasteiger charge is -2.09. The molecule has 1 amide bonds. The van der Waals surface area contributed by atoms with Gasteiger partial charge in [0.05, 0.1) is 5.69 Å². The van der Waals surface area contributed by atoms with Gasteiger partial charge in [-0.05, 0) is 31.2 Å². The first-order valence-electron chi connectivity index (χ1n) is 9.13. The van der Waals surface area contributed by atoms with Crippen LogP contribution in [-0.4, -0.2) is 37.0 Å². The first kappa shape index (κ1) is 19.4. The summed E-state index contributed by atoms with van der Waals surface area (Å²) in [6.45, 7) is 2.06. The van der Waals surface area contributed by atoms with Gasteiger partial charge in [0, 0.05) is 48.7 Å². The van der Waals surface area contributed by atoms with Crippen LogP contribution in [0.25, 0.3) is 17.2 Å². The molecule has 0 atom stereocenters. The number of nitrogens with one attached hydrogen (secondary N) is 2. The molecule has 4 aromatic rings. The Labute approximate surface area is 170 Å². The third-order valence-corrected chi connectivity index (χ3v) is 4.22. The van der Waals surface area contributed by atoms with Crippen molar-refractivity contribution in [1.82, 2.24) is 24.6 Å². The molecule has 30 heavy (non-hydrogen) atoms. The molecule has 3 aromatic heterocycles. The van der Waals surface area contributed by atoms with E-state index in [1.807, 2.05) is 13.0 Å². The van der Waals surface area contributed by atoms with Gasteiger partial charge in [-0.25, -0.2) is 13.8 Å². The number of rotatable bonds is 6. The summed E-state index contributed by atoms with van der Waals surface area (Å²) < 4.78 is 28.4. The number of carbonyl (C=O) groups is 1. The summed E-state index contributed by atoms with van der Waals surface area (Å²) in [5.74, 6) is -0.301. The molecule has 0 unspecified atom stereocenters. The van der Waals surface area contributed by atoms with E-state index >= 15 is 0 Å². The zero-order valence-corrected chi connectivity index (χ0v) is 15.9. The largest absolute Gasteiger partial charge is 0.369 e. The number of hydrogen-bond donors (Lipinski definition) is 2. The number of halogens is 2. The average Bonchev–Trinajstić information content (AvgIpc) is 3.15. The number of anilines is 2. The van der Waals surface area contributed by atoms with Crippen molar-refractivity contribution in [2.45, 2.75) is 13.3 Å². The third-order valence-electron chi connectivity index (χ3n) is 4.22. The fourth-order valence-electron chi connectivity index (χ4n) is 2.84. The van der Waals surface area contributed by atoms with Gasteiger partial charge in [0.25, 0.3) is 5.78 Å². The molecule has 0 spiro atoms. The fraction of sp³-hybridized carbons (Fsp3) is 0.150. The summed E-state index contributed by atoms with van der Waals surface area (Å²) in [5, 5.41) is 9.94. The molecule has 3 heterocycles. The summed E-state index contributed by atoms with van der Waals surface area (Å²) in [5.41, 5.74) is 1.28. The first-order chi connectivity index (χ1) is 14.5. The summed E-state index contributed by atoms with van der Waals surface area (Å²) in [6, 6.07) is 8.30. The number of aromatic nitrogens is 5. The zero-order valence-electron chi connectivity index (χ0n) is 15.9. The molecule has 8 nitrogen and oxygen atoms in total. The van der Waals surface area contributed by atoms with Crippen LogP contribution in [0, 0.1) is 18.6 Å². The van der Waals surface area contributed by atoms with Crippen molar-refractivity contribution in [3.8, 4) is 11.4 Å². The molecule has 0 saturated heterocycles. The van der Waals surface area contributed by atoms with Crippen molar-refractivity contribution < 1.29 is 13.6 Å². The minimum Gasteiger partial charge on any atom is -0.369 e. The highest BCUT2D eigenvalue weighted by molar-refractivity contribution is 5.91. The lowest BCUT2D eigenvalue weighted by atomic mass is 10.3. The normalized spacial score (nSPS) is 10.9. The average molecular weight is 409 g/mol. The smallest absolute Gasteiger partial charge is 0.254 e. The maximum absolute atomic E-state index is 13.7. The van der Waals surface area contributed by atoms with Crippen LogP contribution in [0.5, 0.6) is 0 Å². The van der Waals surface area contributed by atoms with E-state index in [0.717, 1.165) is 29.5 Å². The van der Waals surface area contributed by atoms with E-state index in [2.05, 4.69) is 30.7 Å². The van der Waals surface area contributed by atoms with Crippen molar-refractivity contribution in [1.29, 1.82) is 0 Å². The Morgan fingerprint density at radius 1 is 1.17 bits per heavy atom. The fourth-order valence-corrected chi connectivity index (χ4v) is 2.84. The molecule has 0 radical (unpaired) electrons. The van der Waals surface area contributed by atoms with E-state index in [4.69, 9.17) is 0 Å². The molecule has 1 aromatic carbocycles. The molecule has 0 saturated carbocycles. The predicted molar refractivity (Wildman–Crippen MR) is 107 cm³/mol. The highest BCUT2D eigenvalue weighted by Gasteiger charge is 2.13. The first-order valence-corrected chi connectivity index (χ1v) is 9.13. The van der Waals surface area contributed by atoms with Gasteiger partial charge in [-0.1, -0.05) is 0 Å². The van der Waals surface area contributed by atoms with E-state index in [9.17, 15) is 13.6 Å². The van der Waals surface area contributed by atoms with Gasteiger partial charge in [0.1, 0.15) is 17.5 Å². The Kier molecular flexibility index (Phi) is 5.29. The van der Waals surface area contributed by atoms with Gasteiger partial charge in [-0.3, -0.25) is 9.78 Å². The molecular weight excluding hydrogens is 392 g/mol. The molecule has 0 aliphatic rings. The van der Waals surface area contributed by atoms with Crippen LogP contribution in [0.1, 0.15) is 12.1 Å². The third kappa shape index (κ3) is 4.22. The molecule has 152 valence electrons. The maximum Gasteiger partial charge on any atom is 0.254 e. The van der Waals surface area contributed by atoms with Crippen molar-refractivity contribution in [3.63, 3.8) is 0 Å². The second-order valence-electron chi connectivity index (χ2n) is 6.52. The highest BCUT2D eigenvalue weighted by Crippen LogP contribution is 2.18. The van der Waals surface area contributed by atoms with Crippen LogP contribution >= 0.6 is 0 Å². The Balaban J connectivity index is 1.46. The monoisotopic (exact) mass is 409 g/mol. The van der Waals surface area contributed by atoms with Crippen LogP contribution < -0.4 is 10.6 Å². The number of amides is 1. The van der Waals surface area contributed by atoms with Gasteiger partial charge in [-0.15, -0.1) is 5.10 Å². The van der Waals surface area contributed by atoms with E-state index in [1.54, 1.807) is 29.0 Å². The predicted octanol–water partition coefficient (Wildman–Crippen LogP) is 3.21. The number of aryl methyl sites for hydroxylation is 1. The quantitative estimate of drug-likeness (QED) is 0.508. The topological polar surface area (TPSA) is 97.1 Å². The van der Waals surface area contributed by atoms with Crippen molar-refractivity contribution in [2.24, 2.45) is 0 Å². The lowest BCUT2D eigenvalue weighted by Crippen LogP contribution is -2.18. The number of pyridine rings is 1. The molecule has 2 N–H and O–H groups in total. The molecule has 0 fully saturated rings. The zero-order chi connectivity index (χ0) is 21.1. The summed E-state index contributed by atoms with van der Waals surface area (Å²) in [4.78, 5) is 25.0. The molecule has 0 aliphatic heterocycles. The Morgan fingerprint density at radius 3 is 2.83 bits per heavy atom. The van der Waals surface area contributed by atoms with E-state index < -0.39 is 17.5 Å². The highest BCUT2D eigenvalue weighted by atomic mass is 19.1. The van der Waals surface area contributed by atoms with Crippen molar-refractivity contribution in [2.75, 3.05) is 17.2 Å². The van der Waals surface area contributed by atoms with Gasteiger partial charge < -0.3 is 10.6 Å². The number of benzene rings is 1. The molecular formula is C20H17F2N7O. The van der Waals surface area contributed by atoms with Crippen LogP contribution in [0.4, 0.5) is 20.3 Å². The van der Waals surface area contributed by atoms with Crippen LogP contribution in [0.3, 0.4) is 0 Å². The van der Waals surface area contributed by atoms with Gasteiger partial charge >= 0.3 is 0 Å². The SMILES string of the molecule is Cc1cc(NCCC(=O)Nc2cc(F)ccc2F)n2nc(-c3cccnc3)nc2n1. The Hall–Kier alpha value is -3.95. The molecule has 0 aliphatic carbocycles. The second kappa shape index (κ2) is 8.19.